The molecule has 22 nitrogen and oxygen atoms in total. The number of alkyl halides is 5. The molecule has 1 saturated heterocycles. The van der Waals surface area contributed by atoms with Crippen molar-refractivity contribution in [3.63, 3.8) is 0 Å². The number of likely N-dealkylation sites (N-methyl/N-ethyl adjacent to an activating group) is 7. The molecule has 1 aliphatic heterocycles. The number of carbonyl (C=O) groups is 11. The van der Waals surface area contributed by atoms with Crippen LogP contribution in [0.2, 0.25) is 0 Å². The standard InChI is InChI=1S/C65H110ClF4N11O11/c1-19-39(7)55-61(90)77(14)35-53(84)75(12)36-54(85)80(17)50(33-43-21-25-44(66)26-22-43)60(89)76(13)34-51(82)71-47(28-24-42-23-27-45(46(67)32-42)65(68,69)70)57(86)72-48(29-37(3)4)59(88)81(18)64(10,11)63(92)74-56(40(8)20-2)62(91)78(15)41(9)31-52(83)79(16)49(30-38(5)6)58(87)73-55/h37-50,55-56H,19-36H2,1-18H3,(H,71,82)(H,72,86)(H,73,87)(H,74,92)/t39-,40-,41+,42?,43?,44?,45?,46?,47-,48-,49-,50-,55-,56-/m0/s1. The van der Waals surface area contributed by atoms with E-state index in [4.69, 9.17) is 11.6 Å². The van der Waals surface area contributed by atoms with Crippen LogP contribution in [0.5, 0.6) is 0 Å². The van der Waals surface area contributed by atoms with E-state index < -0.39 is 181 Å². The van der Waals surface area contributed by atoms with E-state index in [1.165, 1.54) is 77.9 Å². The zero-order chi connectivity index (χ0) is 70.2. The maximum absolute atomic E-state index is 15.2. The summed E-state index contributed by atoms with van der Waals surface area (Å²) in [6, 6.07) is -8.20. The number of carbonyl (C=O) groups excluding carboxylic acids is 11. The zero-order valence-corrected chi connectivity index (χ0v) is 58.7. The number of amides is 11. The van der Waals surface area contributed by atoms with Gasteiger partial charge < -0.3 is 55.6 Å². The number of nitrogens with one attached hydrogen (secondary N) is 4. The van der Waals surface area contributed by atoms with Crippen molar-refractivity contribution in [1.82, 2.24) is 55.6 Å². The first-order chi connectivity index (χ1) is 42.6. The van der Waals surface area contributed by atoms with Crippen LogP contribution in [0.3, 0.4) is 0 Å². The molecule has 0 bridgehead atoms. The second-order valence-corrected chi connectivity index (χ2v) is 28.7. The van der Waals surface area contributed by atoms with Gasteiger partial charge in [0.05, 0.1) is 25.6 Å². The van der Waals surface area contributed by atoms with Crippen molar-refractivity contribution in [2.75, 3.05) is 69.0 Å². The van der Waals surface area contributed by atoms with Crippen LogP contribution in [-0.2, 0) is 52.7 Å². The second kappa shape index (κ2) is 35.6. The van der Waals surface area contributed by atoms with Gasteiger partial charge in [0.1, 0.15) is 48.0 Å². The third-order valence-electron chi connectivity index (χ3n) is 19.5. The maximum atomic E-state index is 15.2. The predicted octanol–water partition coefficient (Wildman–Crippen LogP) is 5.91. The molecule has 3 rings (SSSR count). The molecule has 3 aliphatic rings. The molecule has 4 N–H and O–H groups in total. The summed E-state index contributed by atoms with van der Waals surface area (Å²) in [5, 5.41) is 11.1. The van der Waals surface area contributed by atoms with Crippen LogP contribution in [0.25, 0.3) is 0 Å². The lowest BCUT2D eigenvalue weighted by Crippen LogP contribution is -2.63. The molecule has 0 spiro atoms. The Balaban J connectivity index is 2.20. The van der Waals surface area contributed by atoms with Crippen LogP contribution in [-0.4, -0.2) is 234 Å². The summed E-state index contributed by atoms with van der Waals surface area (Å²) in [5.41, 5.74) is -1.71. The smallest absolute Gasteiger partial charge is 0.343 e. The van der Waals surface area contributed by atoms with Gasteiger partial charge in [0, 0.05) is 67.2 Å². The normalized spacial score (nSPS) is 29.9. The lowest BCUT2D eigenvalue weighted by Gasteiger charge is -2.39. The van der Waals surface area contributed by atoms with Crippen molar-refractivity contribution in [2.45, 2.75) is 238 Å². The highest BCUT2D eigenvalue weighted by atomic mass is 35.5. The summed E-state index contributed by atoms with van der Waals surface area (Å²) >= 11 is 6.47. The van der Waals surface area contributed by atoms with E-state index in [1.54, 1.807) is 34.6 Å². The van der Waals surface area contributed by atoms with Crippen LogP contribution >= 0.6 is 11.6 Å². The van der Waals surface area contributed by atoms with Gasteiger partial charge in [-0.3, -0.25) is 52.7 Å². The molecule has 0 aromatic rings. The fraction of sp³-hybridized carbons (Fsp3) is 0.831. The number of nitrogens with zero attached hydrogens (tertiary/aromatic N) is 7. The average molecular weight is 1330 g/mol. The summed E-state index contributed by atoms with van der Waals surface area (Å²) in [6.45, 7) is 17.3. The molecule has 0 aromatic carbocycles. The summed E-state index contributed by atoms with van der Waals surface area (Å²) in [7, 11) is 9.80. The van der Waals surface area contributed by atoms with Crippen molar-refractivity contribution in [2.24, 2.45) is 41.4 Å². The van der Waals surface area contributed by atoms with E-state index in [0.717, 1.165) is 19.6 Å². The molecule has 526 valence electrons. The van der Waals surface area contributed by atoms with Gasteiger partial charge >= 0.3 is 6.18 Å². The Labute approximate surface area is 548 Å². The van der Waals surface area contributed by atoms with E-state index in [9.17, 15) is 65.9 Å². The van der Waals surface area contributed by atoms with Crippen molar-refractivity contribution in [3.8, 4) is 0 Å². The Bertz CT molecular complexity index is 2560. The lowest BCUT2D eigenvalue weighted by molar-refractivity contribution is -0.201. The van der Waals surface area contributed by atoms with E-state index in [0.29, 0.717) is 38.5 Å². The summed E-state index contributed by atoms with van der Waals surface area (Å²) < 4.78 is 56.4. The highest BCUT2D eigenvalue weighted by Crippen LogP contribution is 2.43. The molecule has 3 fully saturated rings. The first-order valence-corrected chi connectivity index (χ1v) is 33.4. The lowest BCUT2D eigenvalue weighted by atomic mass is 9.78. The number of rotatable bonds is 13. The molecule has 2 saturated carbocycles. The van der Waals surface area contributed by atoms with Crippen molar-refractivity contribution < 1.29 is 70.3 Å². The van der Waals surface area contributed by atoms with Gasteiger partial charge in [0.2, 0.25) is 65.0 Å². The van der Waals surface area contributed by atoms with Crippen LogP contribution in [0.1, 0.15) is 172 Å². The predicted molar refractivity (Wildman–Crippen MR) is 342 cm³/mol. The summed E-state index contributed by atoms with van der Waals surface area (Å²) in [4.78, 5) is 167. The number of hydrogen-bond donors (Lipinski definition) is 4. The van der Waals surface area contributed by atoms with E-state index in [1.807, 2.05) is 27.7 Å². The minimum absolute atomic E-state index is 0.00986. The van der Waals surface area contributed by atoms with Crippen molar-refractivity contribution >= 4 is 76.6 Å². The molecule has 11 amide bonds. The minimum Gasteiger partial charge on any atom is -0.343 e. The van der Waals surface area contributed by atoms with Gasteiger partial charge in [-0.05, 0) is 133 Å². The quantitative estimate of drug-likeness (QED) is 0.124. The van der Waals surface area contributed by atoms with Gasteiger partial charge in [-0.15, -0.1) is 11.6 Å². The molecule has 0 radical (unpaired) electrons. The molecule has 92 heavy (non-hydrogen) atoms. The van der Waals surface area contributed by atoms with Crippen LogP contribution < -0.4 is 21.3 Å². The van der Waals surface area contributed by atoms with Crippen LogP contribution in [0.15, 0.2) is 0 Å². The SMILES string of the molecule is CC[C@H](C)[C@@H]1NC(=O)[C@H](CC(C)C)N(C)C(=O)C[C@@H](C)N(C)C(=O)[C@H]([C@@H](C)CC)NC(=O)C(C)(C)N(C)C(=O)[C@H](CC(C)C)NC(=O)[C@H](CCC2CCC(C(F)(F)F)C(F)C2)NC(=O)CN(C)C(=O)[C@H](CC2CCC(Cl)CC2)N(C)C(=O)CN(C)C(=O)CN(C)C1=O. The van der Waals surface area contributed by atoms with Gasteiger partial charge in [-0.2, -0.15) is 13.2 Å². The molecule has 27 heteroatoms. The number of halogens is 5. The topological polar surface area (TPSA) is 259 Å². The van der Waals surface area contributed by atoms with Crippen molar-refractivity contribution in [1.29, 1.82) is 0 Å². The highest BCUT2D eigenvalue weighted by Gasteiger charge is 2.49. The Morgan fingerprint density at radius 1 is 0.554 bits per heavy atom. The molecular weight excluding hydrogens is 1220 g/mol. The molecule has 3 unspecified atom stereocenters. The fourth-order valence-corrected chi connectivity index (χ4v) is 12.4. The van der Waals surface area contributed by atoms with Gasteiger partial charge in [-0.25, -0.2) is 4.39 Å². The fourth-order valence-electron chi connectivity index (χ4n) is 12.2. The zero-order valence-electron chi connectivity index (χ0n) is 58.0. The monoisotopic (exact) mass is 1330 g/mol. The second-order valence-electron chi connectivity index (χ2n) is 28.1. The third kappa shape index (κ3) is 22.7. The Kier molecular flexibility index (Phi) is 31.1. The van der Waals surface area contributed by atoms with Crippen LogP contribution in [0.4, 0.5) is 17.6 Å². The Hall–Kier alpha value is -5.82. The molecule has 12 atom stereocenters. The molecule has 2 aliphatic carbocycles. The first kappa shape index (κ1) is 80.4. The van der Waals surface area contributed by atoms with Gasteiger partial charge in [-0.1, -0.05) is 68.2 Å². The van der Waals surface area contributed by atoms with E-state index in [-0.39, 0.29) is 68.1 Å². The number of hydrogen-bond acceptors (Lipinski definition) is 11. The van der Waals surface area contributed by atoms with E-state index in [2.05, 4.69) is 21.3 Å². The van der Waals surface area contributed by atoms with Crippen molar-refractivity contribution in [3.05, 3.63) is 0 Å². The Morgan fingerprint density at radius 2 is 1.08 bits per heavy atom. The maximum Gasteiger partial charge on any atom is 0.394 e. The molecule has 1 heterocycles. The highest BCUT2D eigenvalue weighted by molar-refractivity contribution is 6.20. The molecule has 0 aromatic heterocycles. The van der Waals surface area contributed by atoms with E-state index >= 15 is 4.39 Å². The summed E-state index contributed by atoms with van der Waals surface area (Å²) in [6.07, 6.45) is -4.64. The third-order valence-corrected chi connectivity index (χ3v) is 20.0. The molecular formula is C65H110ClF4N11O11. The van der Waals surface area contributed by atoms with Gasteiger partial charge in [0.25, 0.3) is 0 Å². The first-order valence-electron chi connectivity index (χ1n) is 32.9. The summed E-state index contributed by atoms with van der Waals surface area (Å²) in [5.74, 6) is -11.7. The largest absolute Gasteiger partial charge is 0.394 e. The van der Waals surface area contributed by atoms with Gasteiger partial charge in [0.15, 0.2) is 0 Å². The van der Waals surface area contributed by atoms with Crippen LogP contribution in [0, 0.1) is 41.4 Å². The Morgan fingerprint density at radius 3 is 1.61 bits per heavy atom. The average Bonchev–Trinajstić information content (AvgIpc) is 1.03. The minimum atomic E-state index is -4.75.